The van der Waals surface area contributed by atoms with Gasteiger partial charge in [-0.3, -0.25) is 0 Å². The Hall–Kier alpha value is -7.44. The summed E-state index contributed by atoms with van der Waals surface area (Å²) in [5.41, 5.74) is 9.99. The summed E-state index contributed by atoms with van der Waals surface area (Å²) in [4.78, 5) is 14.5. The first-order chi connectivity index (χ1) is 28.8. The zero-order valence-corrected chi connectivity index (χ0v) is 32.8. The van der Waals surface area contributed by atoms with Gasteiger partial charge in [0.15, 0.2) is 0 Å². The maximum absolute atomic E-state index is 16.0. The van der Waals surface area contributed by atoms with Crippen LogP contribution in [0.1, 0.15) is 20.8 Å². The minimum absolute atomic E-state index is 0.284. The number of ether oxygens (including phenoxy) is 1. The van der Waals surface area contributed by atoms with Gasteiger partial charge in [0.1, 0.15) is 11.4 Å². The zero-order valence-electron chi connectivity index (χ0n) is 32.8. The predicted molar refractivity (Wildman–Crippen MR) is 241 cm³/mol. The Morgan fingerprint density at radius 3 is 1.61 bits per heavy atom. The fourth-order valence-corrected chi connectivity index (χ4v) is 9.19. The normalized spacial score (nSPS) is 12.1. The van der Waals surface area contributed by atoms with Gasteiger partial charge in [0.25, 0.3) is 0 Å². The van der Waals surface area contributed by atoms with E-state index in [9.17, 15) is 4.79 Å². The van der Waals surface area contributed by atoms with Gasteiger partial charge in [-0.1, -0.05) is 127 Å². The molecule has 0 unspecified atom stereocenters. The van der Waals surface area contributed by atoms with Crippen LogP contribution in [0.2, 0.25) is 0 Å². The van der Waals surface area contributed by atoms with Gasteiger partial charge in [-0.05, 0) is 80.4 Å². The molecule has 59 heavy (non-hydrogen) atoms. The predicted octanol–water partition coefficient (Wildman–Crippen LogP) is 14.2. The van der Waals surface area contributed by atoms with Crippen LogP contribution in [0.3, 0.4) is 0 Å². The molecule has 11 aromatic rings. The number of fused-ring (bicyclic) bond motifs is 9. The largest absolute Gasteiger partial charge is 0.443 e. The van der Waals surface area contributed by atoms with Crippen LogP contribution in [0.15, 0.2) is 176 Å². The molecule has 0 bridgehead atoms. The molecule has 284 valence electrons. The van der Waals surface area contributed by atoms with Crippen molar-refractivity contribution in [3.05, 3.63) is 182 Å². The Balaban J connectivity index is 1.18. The summed E-state index contributed by atoms with van der Waals surface area (Å²) in [7, 11) is 0. The highest BCUT2D eigenvalue weighted by Gasteiger charge is 2.27. The first-order valence-electron chi connectivity index (χ1n) is 19.9. The molecule has 3 heterocycles. The van der Waals surface area contributed by atoms with Crippen LogP contribution < -0.4 is 0 Å². The number of aromatic nitrogens is 3. The second kappa shape index (κ2) is 13.0. The van der Waals surface area contributed by atoms with E-state index in [4.69, 9.17) is 4.74 Å². The first-order valence-corrected chi connectivity index (χ1v) is 19.9. The summed E-state index contributed by atoms with van der Waals surface area (Å²) in [5.74, 6) is -0.284. The molecule has 11 rings (SSSR count). The quantitative estimate of drug-likeness (QED) is 0.179. The number of hydrogen-bond acceptors (Lipinski definition) is 2. The maximum atomic E-state index is 16.0. The molecule has 0 fully saturated rings. The van der Waals surface area contributed by atoms with Crippen molar-refractivity contribution in [3.63, 3.8) is 0 Å². The molecule has 0 saturated heterocycles. The average Bonchev–Trinajstić information content (AvgIpc) is 3.89. The SMILES string of the molecule is CC(C)(C)OC(=O)n1c2ccc(-n3c4ccccc4c4ccccc43)cc2c2cccc(-c3ccccc3-c3ccccc3-n3c4ccccc4c4cccc(F)c43)c21. The van der Waals surface area contributed by atoms with Crippen molar-refractivity contribution in [2.45, 2.75) is 26.4 Å². The monoisotopic (exact) mass is 767 g/mol. The maximum Gasteiger partial charge on any atom is 0.419 e. The molecule has 0 radical (unpaired) electrons. The molecule has 0 amide bonds. The molecule has 0 spiro atoms. The zero-order chi connectivity index (χ0) is 40.0. The third-order valence-corrected chi connectivity index (χ3v) is 11.5. The Morgan fingerprint density at radius 1 is 0.458 bits per heavy atom. The fraction of sp³-hybridized carbons (Fsp3) is 0.0755. The van der Waals surface area contributed by atoms with E-state index in [2.05, 4.69) is 108 Å². The van der Waals surface area contributed by atoms with Gasteiger partial charge in [-0.25, -0.2) is 13.8 Å². The molecule has 0 saturated carbocycles. The summed E-state index contributed by atoms with van der Waals surface area (Å²) >= 11 is 0. The number of rotatable bonds is 4. The molecular weight excluding hydrogens is 730 g/mol. The highest BCUT2D eigenvalue weighted by molar-refractivity contribution is 6.18. The van der Waals surface area contributed by atoms with E-state index in [1.54, 1.807) is 10.6 Å². The number of nitrogens with zero attached hydrogens (tertiary/aromatic N) is 3. The lowest BCUT2D eigenvalue weighted by Gasteiger charge is -2.21. The molecule has 0 atom stereocenters. The molecule has 5 nitrogen and oxygen atoms in total. The van der Waals surface area contributed by atoms with Crippen molar-refractivity contribution in [1.29, 1.82) is 0 Å². The summed E-state index contributed by atoms with van der Waals surface area (Å²) in [5, 5.41) is 6.07. The molecule has 6 heteroatoms. The molecular formula is C53H38FN3O2. The number of benzene rings is 8. The Kier molecular flexibility index (Phi) is 7.69. The van der Waals surface area contributed by atoms with Gasteiger partial charge < -0.3 is 13.9 Å². The van der Waals surface area contributed by atoms with Gasteiger partial charge in [-0.15, -0.1) is 0 Å². The minimum atomic E-state index is -0.730. The first kappa shape index (κ1) is 34.8. The highest BCUT2D eigenvalue weighted by Crippen LogP contribution is 2.44. The molecule has 8 aromatic carbocycles. The Labute approximate surface area is 339 Å². The lowest BCUT2D eigenvalue weighted by Crippen LogP contribution is -2.27. The van der Waals surface area contributed by atoms with Crippen LogP contribution in [-0.4, -0.2) is 25.4 Å². The van der Waals surface area contributed by atoms with Gasteiger partial charge >= 0.3 is 6.09 Å². The van der Waals surface area contributed by atoms with Gasteiger partial charge in [-0.2, -0.15) is 0 Å². The minimum Gasteiger partial charge on any atom is -0.443 e. The topological polar surface area (TPSA) is 41.1 Å². The summed E-state index contributed by atoms with van der Waals surface area (Å²) in [6.07, 6.45) is -0.451. The van der Waals surface area contributed by atoms with Crippen LogP contribution in [0.4, 0.5) is 9.18 Å². The van der Waals surface area contributed by atoms with Crippen molar-refractivity contribution in [3.8, 4) is 33.6 Å². The fourth-order valence-electron chi connectivity index (χ4n) is 9.19. The van der Waals surface area contributed by atoms with E-state index in [1.165, 1.54) is 16.8 Å². The van der Waals surface area contributed by atoms with Gasteiger partial charge in [0.2, 0.25) is 0 Å². The molecule has 0 N–H and O–H groups in total. The van der Waals surface area contributed by atoms with E-state index >= 15 is 4.39 Å². The van der Waals surface area contributed by atoms with Gasteiger partial charge in [0, 0.05) is 49.1 Å². The third-order valence-electron chi connectivity index (χ3n) is 11.5. The van der Waals surface area contributed by atoms with Crippen LogP contribution in [0.25, 0.3) is 99.0 Å². The second-order valence-corrected chi connectivity index (χ2v) is 16.1. The highest BCUT2D eigenvalue weighted by atomic mass is 19.1. The summed E-state index contributed by atoms with van der Waals surface area (Å²) in [6, 6.07) is 59.3. The van der Waals surface area contributed by atoms with Gasteiger partial charge in [0.05, 0.1) is 38.8 Å². The van der Waals surface area contributed by atoms with Crippen LogP contribution in [-0.2, 0) is 4.74 Å². The molecule has 0 aliphatic heterocycles. The van der Waals surface area contributed by atoms with Crippen LogP contribution in [0.5, 0.6) is 0 Å². The standard InChI is InChI=1S/C53H38FN3O2/c1-53(2,3)59-52(58)57-49-31-30-33(55-45-26-10-7-19-37(45)38-20-8-11-27-46(38)55)32-43(49)42-23-14-22-40(50(42)57)35-17-5-4-16-34(35)36-18-6-12-28-47(36)56-48-29-13-9-21-39(48)41-24-15-25-44(54)51(41)56/h4-32H,1-3H3. The number of halogens is 1. The average molecular weight is 768 g/mol. The third kappa shape index (κ3) is 5.33. The van der Waals surface area contributed by atoms with E-state index in [0.29, 0.717) is 5.52 Å². The van der Waals surface area contributed by atoms with E-state index in [-0.39, 0.29) is 5.82 Å². The van der Waals surface area contributed by atoms with Crippen LogP contribution >= 0.6 is 0 Å². The van der Waals surface area contributed by atoms with Crippen molar-refractivity contribution in [2.24, 2.45) is 0 Å². The number of para-hydroxylation sites is 6. The second-order valence-electron chi connectivity index (χ2n) is 16.1. The Bertz CT molecular complexity index is 3450. The number of carbonyl (C=O) groups is 1. The molecule has 0 aliphatic carbocycles. The number of hydrogen-bond donors (Lipinski definition) is 0. The van der Waals surface area contributed by atoms with E-state index < -0.39 is 11.7 Å². The van der Waals surface area contributed by atoms with Crippen molar-refractivity contribution in [1.82, 2.24) is 13.7 Å². The summed E-state index contributed by atoms with van der Waals surface area (Å²) in [6.45, 7) is 5.68. The van der Waals surface area contributed by atoms with E-state index in [1.807, 2.05) is 86.0 Å². The van der Waals surface area contributed by atoms with Crippen molar-refractivity contribution >= 4 is 71.5 Å². The van der Waals surface area contributed by atoms with Crippen LogP contribution in [0, 0.1) is 5.82 Å². The molecule has 3 aromatic heterocycles. The molecule has 0 aliphatic rings. The van der Waals surface area contributed by atoms with Crippen molar-refractivity contribution in [2.75, 3.05) is 0 Å². The lowest BCUT2D eigenvalue weighted by molar-refractivity contribution is 0.0551. The lowest BCUT2D eigenvalue weighted by atomic mass is 9.92. The smallest absolute Gasteiger partial charge is 0.419 e. The number of carbonyl (C=O) groups excluding carboxylic acids is 1. The summed E-state index contributed by atoms with van der Waals surface area (Å²) < 4.78 is 28.2. The van der Waals surface area contributed by atoms with E-state index in [0.717, 1.165) is 82.8 Å². The van der Waals surface area contributed by atoms with Crippen molar-refractivity contribution < 1.29 is 13.9 Å². The Morgan fingerprint density at radius 2 is 0.949 bits per heavy atom.